The van der Waals surface area contributed by atoms with E-state index in [9.17, 15) is 9.59 Å². The number of H-pyrrole nitrogens is 1. The maximum atomic E-state index is 13.3. The van der Waals surface area contributed by atoms with Crippen LogP contribution in [0.25, 0.3) is 10.9 Å². The average molecular weight is 393 g/mol. The molecule has 1 aromatic carbocycles. The molecule has 2 aliphatic heterocycles. The number of benzene rings is 1. The highest BCUT2D eigenvalue weighted by molar-refractivity contribution is 5.98. The fourth-order valence-electron chi connectivity index (χ4n) is 4.81. The minimum atomic E-state index is -0.0134. The van der Waals surface area contributed by atoms with Crippen molar-refractivity contribution in [2.45, 2.75) is 18.9 Å². The standard InChI is InChI=1S/C22H23N3O4/c1-28-19-8-14-7-17(23-16(14)9-20(19)29-2)22(27)24-10-13-6-15(12-24)18-4-3-5-21(26)25(18)11-13/h3-5,7-9,13,15,23H,6,10-12H2,1-2H3/t13-,15+/m1/s1. The molecule has 2 bridgehead atoms. The summed E-state index contributed by atoms with van der Waals surface area (Å²) in [6.07, 6.45) is 1.02. The van der Waals surface area contributed by atoms with Gasteiger partial charge in [0.05, 0.1) is 14.2 Å². The number of aromatic amines is 1. The summed E-state index contributed by atoms with van der Waals surface area (Å²) < 4.78 is 12.6. The molecule has 1 amide bonds. The van der Waals surface area contributed by atoms with Gasteiger partial charge in [0.25, 0.3) is 11.5 Å². The Balaban J connectivity index is 1.45. The summed E-state index contributed by atoms with van der Waals surface area (Å²) in [6.45, 7) is 1.97. The first-order chi connectivity index (χ1) is 14.1. The van der Waals surface area contributed by atoms with Gasteiger partial charge in [-0.3, -0.25) is 9.59 Å². The van der Waals surface area contributed by atoms with Gasteiger partial charge >= 0.3 is 0 Å². The summed E-state index contributed by atoms with van der Waals surface area (Å²) in [7, 11) is 3.19. The van der Waals surface area contributed by atoms with E-state index >= 15 is 0 Å². The minimum Gasteiger partial charge on any atom is -0.493 e. The van der Waals surface area contributed by atoms with E-state index in [1.807, 2.05) is 39.8 Å². The number of pyridine rings is 1. The number of fused-ring (bicyclic) bond motifs is 5. The van der Waals surface area contributed by atoms with E-state index in [4.69, 9.17) is 9.47 Å². The Hall–Kier alpha value is -3.22. The third kappa shape index (κ3) is 2.88. The topological polar surface area (TPSA) is 76.6 Å². The first-order valence-corrected chi connectivity index (χ1v) is 9.81. The number of piperidine rings is 1. The molecule has 4 heterocycles. The first kappa shape index (κ1) is 17.8. The highest BCUT2D eigenvalue weighted by atomic mass is 16.5. The summed E-state index contributed by atoms with van der Waals surface area (Å²) in [5.74, 6) is 1.74. The largest absolute Gasteiger partial charge is 0.493 e. The second-order valence-corrected chi connectivity index (χ2v) is 7.89. The van der Waals surface area contributed by atoms with Gasteiger partial charge in [-0.25, -0.2) is 0 Å². The minimum absolute atomic E-state index is 0.0134. The zero-order chi connectivity index (χ0) is 20.1. The van der Waals surface area contributed by atoms with E-state index in [0.717, 1.165) is 23.0 Å². The van der Waals surface area contributed by atoms with Crippen molar-refractivity contribution < 1.29 is 14.3 Å². The van der Waals surface area contributed by atoms with Crippen LogP contribution in [0.4, 0.5) is 0 Å². The lowest BCUT2D eigenvalue weighted by Crippen LogP contribution is -2.49. The molecule has 0 aliphatic carbocycles. The molecular weight excluding hydrogens is 370 g/mol. The monoisotopic (exact) mass is 393 g/mol. The first-order valence-electron chi connectivity index (χ1n) is 9.81. The smallest absolute Gasteiger partial charge is 0.270 e. The van der Waals surface area contributed by atoms with Crippen LogP contribution in [0.5, 0.6) is 11.5 Å². The number of nitrogens with one attached hydrogen (secondary N) is 1. The number of likely N-dealkylation sites (tertiary alicyclic amines) is 1. The van der Waals surface area contributed by atoms with Gasteiger partial charge in [0.2, 0.25) is 0 Å². The highest BCUT2D eigenvalue weighted by Gasteiger charge is 2.36. The van der Waals surface area contributed by atoms with Crippen molar-refractivity contribution in [1.29, 1.82) is 0 Å². The number of nitrogens with zero attached hydrogens (tertiary/aromatic N) is 2. The van der Waals surface area contributed by atoms with Crippen LogP contribution in [-0.4, -0.2) is 47.7 Å². The molecule has 5 rings (SSSR count). The Bertz CT molecular complexity index is 1120. The predicted molar refractivity (Wildman–Crippen MR) is 109 cm³/mol. The van der Waals surface area contributed by atoms with Crippen LogP contribution in [0.3, 0.4) is 0 Å². The van der Waals surface area contributed by atoms with E-state index in [0.29, 0.717) is 42.7 Å². The third-order valence-electron chi connectivity index (χ3n) is 6.12. The molecule has 0 saturated carbocycles. The molecule has 2 aliphatic rings. The third-order valence-corrected chi connectivity index (χ3v) is 6.12. The molecule has 3 aromatic rings. The average Bonchev–Trinajstić information content (AvgIpc) is 3.15. The van der Waals surface area contributed by atoms with Gasteiger partial charge in [-0.2, -0.15) is 0 Å². The Morgan fingerprint density at radius 3 is 2.66 bits per heavy atom. The lowest BCUT2D eigenvalue weighted by Gasteiger charge is -2.42. The maximum absolute atomic E-state index is 13.3. The number of hydrogen-bond donors (Lipinski definition) is 1. The van der Waals surface area contributed by atoms with Crippen LogP contribution in [0.15, 0.2) is 41.2 Å². The van der Waals surface area contributed by atoms with Crippen LogP contribution in [0.1, 0.15) is 28.5 Å². The number of hydrogen-bond acceptors (Lipinski definition) is 4. The van der Waals surface area contributed by atoms with Gasteiger partial charge in [-0.15, -0.1) is 0 Å². The Labute approximate surface area is 167 Å². The molecule has 29 heavy (non-hydrogen) atoms. The van der Waals surface area contributed by atoms with Crippen molar-refractivity contribution in [2.24, 2.45) is 5.92 Å². The zero-order valence-corrected chi connectivity index (χ0v) is 16.5. The quantitative estimate of drug-likeness (QED) is 0.742. The van der Waals surface area contributed by atoms with Crippen LogP contribution < -0.4 is 15.0 Å². The van der Waals surface area contributed by atoms with Crippen molar-refractivity contribution in [1.82, 2.24) is 14.5 Å². The van der Waals surface area contributed by atoms with Crippen LogP contribution in [0.2, 0.25) is 0 Å². The molecule has 0 radical (unpaired) electrons. The zero-order valence-electron chi connectivity index (χ0n) is 16.5. The molecule has 2 atom stereocenters. The fourth-order valence-corrected chi connectivity index (χ4v) is 4.81. The normalized spacial score (nSPS) is 20.4. The molecular formula is C22H23N3O4. The van der Waals surface area contributed by atoms with Crippen molar-refractivity contribution in [2.75, 3.05) is 27.3 Å². The van der Waals surface area contributed by atoms with Gasteiger partial charge in [0, 0.05) is 54.3 Å². The van der Waals surface area contributed by atoms with Crippen molar-refractivity contribution in [3.8, 4) is 11.5 Å². The van der Waals surface area contributed by atoms with E-state index in [2.05, 4.69) is 4.98 Å². The summed E-state index contributed by atoms with van der Waals surface area (Å²) in [6, 6.07) is 11.0. The van der Waals surface area contributed by atoms with Crippen molar-refractivity contribution >= 4 is 16.8 Å². The van der Waals surface area contributed by atoms with E-state index < -0.39 is 0 Å². The predicted octanol–water partition coefficient (Wildman–Crippen LogP) is 2.61. The molecule has 2 aromatic heterocycles. The maximum Gasteiger partial charge on any atom is 0.270 e. The summed E-state index contributed by atoms with van der Waals surface area (Å²) >= 11 is 0. The fraction of sp³-hybridized carbons (Fsp3) is 0.364. The number of methoxy groups -OCH3 is 2. The van der Waals surface area contributed by atoms with Gasteiger partial charge in [-0.05, 0) is 30.5 Å². The Morgan fingerprint density at radius 1 is 1.07 bits per heavy atom. The van der Waals surface area contributed by atoms with Crippen LogP contribution in [0, 0.1) is 5.92 Å². The molecule has 7 heteroatoms. The Kier molecular flexibility index (Phi) is 4.12. The van der Waals surface area contributed by atoms with E-state index in [1.165, 1.54) is 0 Å². The molecule has 0 spiro atoms. The summed E-state index contributed by atoms with van der Waals surface area (Å²) in [5.41, 5.74) is 2.48. The van der Waals surface area contributed by atoms with Crippen molar-refractivity contribution in [3.05, 3.63) is 58.1 Å². The number of amides is 1. The number of rotatable bonds is 3. The van der Waals surface area contributed by atoms with E-state index in [-0.39, 0.29) is 17.4 Å². The molecule has 1 fully saturated rings. The highest BCUT2D eigenvalue weighted by Crippen LogP contribution is 2.36. The van der Waals surface area contributed by atoms with Gasteiger partial charge in [-0.1, -0.05) is 6.07 Å². The summed E-state index contributed by atoms with van der Waals surface area (Å²) in [5, 5.41) is 0.903. The lowest BCUT2D eigenvalue weighted by molar-refractivity contribution is 0.0589. The number of ether oxygens (including phenoxy) is 2. The van der Waals surface area contributed by atoms with Crippen molar-refractivity contribution in [3.63, 3.8) is 0 Å². The molecule has 1 N–H and O–H groups in total. The second kappa shape index (κ2) is 6.69. The number of carbonyl (C=O) groups excluding carboxylic acids is 1. The lowest BCUT2D eigenvalue weighted by atomic mass is 9.83. The van der Waals surface area contributed by atoms with Gasteiger partial charge < -0.3 is 23.9 Å². The van der Waals surface area contributed by atoms with E-state index in [1.54, 1.807) is 20.3 Å². The number of carbonyl (C=O) groups is 1. The second-order valence-electron chi connectivity index (χ2n) is 7.89. The molecule has 0 unspecified atom stereocenters. The summed E-state index contributed by atoms with van der Waals surface area (Å²) in [4.78, 5) is 30.6. The molecule has 1 saturated heterocycles. The van der Waals surface area contributed by atoms with Gasteiger partial charge in [0.1, 0.15) is 5.69 Å². The van der Waals surface area contributed by atoms with Gasteiger partial charge in [0.15, 0.2) is 11.5 Å². The Morgan fingerprint density at radius 2 is 1.86 bits per heavy atom. The molecule has 150 valence electrons. The number of aromatic nitrogens is 2. The SMILES string of the molecule is COc1cc2cc(C(=O)N3C[C@H]4C[C@@H](C3)c3cccc(=O)n3C4)[nH]c2cc1OC. The van der Waals surface area contributed by atoms with Crippen LogP contribution >= 0.6 is 0 Å². The molecule has 7 nitrogen and oxygen atoms in total. The van der Waals surface area contributed by atoms with Crippen LogP contribution in [-0.2, 0) is 6.54 Å².